The molecule has 100 valence electrons. The van der Waals surface area contributed by atoms with Crippen LogP contribution in [0.15, 0.2) is 12.1 Å². The van der Waals surface area contributed by atoms with Gasteiger partial charge in [-0.15, -0.1) is 0 Å². The highest BCUT2D eigenvalue weighted by atomic mass is 35.5. The van der Waals surface area contributed by atoms with Crippen LogP contribution in [0.25, 0.3) is 0 Å². The van der Waals surface area contributed by atoms with Crippen molar-refractivity contribution in [1.29, 1.82) is 0 Å². The first-order valence-corrected chi connectivity index (χ1v) is 6.77. The molecular formula is C14H21ClN2O. The van der Waals surface area contributed by atoms with Crippen molar-refractivity contribution in [2.45, 2.75) is 20.0 Å². The summed E-state index contributed by atoms with van der Waals surface area (Å²) in [5.41, 5.74) is 3.61. The van der Waals surface area contributed by atoms with Crippen LogP contribution in [-0.4, -0.2) is 39.4 Å². The van der Waals surface area contributed by atoms with E-state index in [-0.39, 0.29) is 6.10 Å². The predicted molar refractivity (Wildman–Crippen MR) is 76.8 cm³/mol. The Morgan fingerprint density at radius 3 is 2.89 bits per heavy atom. The van der Waals surface area contributed by atoms with Gasteiger partial charge in [-0.25, -0.2) is 0 Å². The quantitative estimate of drug-likeness (QED) is 0.911. The molecule has 0 amide bonds. The van der Waals surface area contributed by atoms with Crippen molar-refractivity contribution in [3.05, 3.63) is 28.3 Å². The molecule has 4 heteroatoms. The standard InChI is InChI=1S/C14H21ClN2O/c1-10-6-11(2)14(13(15)7-10)17-4-5-18-12(9-17)8-16-3/h6-7,12,16H,4-5,8-9H2,1-3H3. The maximum absolute atomic E-state index is 6.39. The van der Waals surface area contributed by atoms with E-state index in [1.807, 2.05) is 13.1 Å². The van der Waals surface area contributed by atoms with Gasteiger partial charge in [0.1, 0.15) is 0 Å². The normalized spacial score (nSPS) is 20.2. The predicted octanol–water partition coefficient (Wildman–Crippen LogP) is 2.38. The zero-order valence-electron chi connectivity index (χ0n) is 11.3. The third-order valence-electron chi connectivity index (χ3n) is 3.29. The summed E-state index contributed by atoms with van der Waals surface area (Å²) in [6.07, 6.45) is 0.237. The highest BCUT2D eigenvalue weighted by molar-refractivity contribution is 6.33. The molecule has 1 saturated heterocycles. The lowest BCUT2D eigenvalue weighted by Crippen LogP contribution is -2.46. The Morgan fingerprint density at radius 2 is 2.22 bits per heavy atom. The topological polar surface area (TPSA) is 24.5 Å². The molecule has 1 aliphatic rings. The number of nitrogens with zero attached hydrogens (tertiary/aromatic N) is 1. The number of morpholine rings is 1. The van der Waals surface area contributed by atoms with Crippen LogP contribution in [-0.2, 0) is 4.74 Å². The van der Waals surface area contributed by atoms with E-state index in [1.165, 1.54) is 11.1 Å². The van der Waals surface area contributed by atoms with Crippen molar-refractivity contribution in [3.8, 4) is 0 Å². The summed E-state index contributed by atoms with van der Waals surface area (Å²) < 4.78 is 5.73. The van der Waals surface area contributed by atoms with Crippen molar-refractivity contribution in [1.82, 2.24) is 5.32 Å². The Balaban J connectivity index is 2.20. The van der Waals surface area contributed by atoms with Crippen LogP contribution in [0.3, 0.4) is 0 Å². The first-order chi connectivity index (χ1) is 8.61. The van der Waals surface area contributed by atoms with Gasteiger partial charge in [-0.2, -0.15) is 0 Å². The minimum Gasteiger partial charge on any atom is -0.373 e. The summed E-state index contributed by atoms with van der Waals surface area (Å²) in [7, 11) is 1.95. The molecule has 2 rings (SSSR count). The molecule has 3 nitrogen and oxygen atoms in total. The maximum Gasteiger partial charge on any atom is 0.0874 e. The van der Waals surface area contributed by atoms with Gasteiger partial charge >= 0.3 is 0 Å². The van der Waals surface area contributed by atoms with Crippen molar-refractivity contribution in [3.63, 3.8) is 0 Å². The van der Waals surface area contributed by atoms with Crippen LogP contribution in [0.5, 0.6) is 0 Å². The van der Waals surface area contributed by atoms with E-state index < -0.39 is 0 Å². The molecule has 1 N–H and O–H groups in total. The van der Waals surface area contributed by atoms with Gasteiger partial charge in [0.25, 0.3) is 0 Å². The fraction of sp³-hybridized carbons (Fsp3) is 0.571. The van der Waals surface area contributed by atoms with Crippen LogP contribution in [0.4, 0.5) is 5.69 Å². The Morgan fingerprint density at radius 1 is 1.44 bits per heavy atom. The molecule has 1 fully saturated rings. The summed E-state index contributed by atoms with van der Waals surface area (Å²) in [5, 5.41) is 4.01. The molecular weight excluding hydrogens is 248 g/mol. The van der Waals surface area contributed by atoms with E-state index in [4.69, 9.17) is 16.3 Å². The lowest BCUT2D eigenvalue weighted by Gasteiger charge is -2.36. The lowest BCUT2D eigenvalue weighted by molar-refractivity contribution is 0.0421. The second-order valence-corrected chi connectivity index (χ2v) is 5.32. The SMILES string of the molecule is CNCC1CN(c2c(C)cc(C)cc2Cl)CCO1. The third-order valence-corrected chi connectivity index (χ3v) is 3.57. The minimum atomic E-state index is 0.237. The third kappa shape index (κ3) is 2.97. The highest BCUT2D eigenvalue weighted by Crippen LogP contribution is 2.32. The summed E-state index contributed by atoms with van der Waals surface area (Å²) >= 11 is 6.39. The fourth-order valence-corrected chi connectivity index (χ4v) is 3.02. The van der Waals surface area contributed by atoms with Crippen LogP contribution in [0.2, 0.25) is 5.02 Å². The Bertz CT molecular complexity index is 397. The molecule has 0 spiro atoms. The number of anilines is 1. The van der Waals surface area contributed by atoms with Crippen molar-refractivity contribution < 1.29 is 4.74 Å². The number of likely N-dealkylation sites (N-methyl/N-ethyl adjacent to an activating group) is 1. The van der Waals surface area contributed by atoms with E-state index in [0.29, 0.717) is 0 Å². The highest BCUT2D eigenvalue weighted by Gasteiger charge is 2.22. The van der Waals surface area contributed by atoms with Crippen molar-refractivity contribution in [2.75, 3.05) is 38.2 Å². The van der Waals surface area contributed by atoms with Crippen LogP contribution < -0.4 is 10.2 Å². The smallest absolute Gasteiger partial charge is 0.0874 e. The summed E-state index contributed by atoms with van der Waals surface area (Å²) in [6, 6.07) is 4.22. The van der Waals surface area contributed by atoms with Gasteiger partial charge in [-0.05, 0) is 38.1 Å². The van der Waals surface area contributed by atoms with Gasteiger partial charge in [-0.3, -0.25) is 0 Å². The Labute approximate surface area is 114 Å². The monoisotopic (exact) mass is 268 g/mol. The van der Waals surface area contributed by atoms with E-state index in [0.717, 1.165) is 37.0 Å². The van der Waals surface area contributed by atoms with Gasteiger partial charge in [0, 0.05) is 19.6 Å². The second kappa shape index (κ2) is 5.91. The Hall–Kier alpha value is -0.770. The first-order valence-electron chi connectivity index (χ1n) is 6.39. The largest absolute Gasteiger partial charge is 0.373 e. The zero-order valence-corrected chi connectivity index (χ0v) is 12.0. The first kappa shape index (κ1) is 13.7. The van der Waals surface area contributed by atoms with Gasteiger partial charge in [0.15, 0.2) is 0 Å². The van der Waals surface area contributed by atoms with Crippen molar-refractivity contribution >= 4 is 17.3 Å². The molecule has 1 aromatic rings. The van der Waals surface area contributed by atoms with Crippen LogP contribution in [0, 0.1) is 13.8 Å². The Kier molecular flexibility index (Phi) is 4.49. The summed E-state index contributed by atoms with van der Waals surface area (Å²) in [5.74, 6) is 0. The number of benzene rings is 1. The molecule has 1 unspecified atom stereocenters. The molecule has 0 aromatic heterocycles. The number of nitrogens with one attached hydrogen (secondary N) is 1. The van der Waals surface area contributed by atoms with Crippen molar-refractivity contribution in [2.24, 2.45) is 0 Å². The molecule has 1 aromatic carbocycles. The van der Waals surface area contributed by atoms with Gasteiger partial charge < -0.3 is 15.0 Å². The van der Waals surface area contributed by atoms with Gasteiger partial charge in [-0.1, -0.05) is 17.7 Å². The number of hydrogen-bond donors (Lipinski definition) is 1. The minimum absolute atomic E-state index is 0.237. The average molecular weight is 269 g/mol. The van der Waals surface area contributed by atoms with Crippen LogP contribution >= 0.6 is 11.6 Å². The number of hydrogen-bond acceptors (Lipinski definition) is 3. The molecule has 1 heterocycles. The van der Waals surface area contributed by atoms with Gasteiger partial charge in [0.05, 0.1) is 23.4 Å². The number of halogens is 1. The fourth-order valence-electron chi connectivity index (χ4n) is 2.58. The number of ether oxygens (including phenoxy) is 1. The molecule has 0 radical (unpaired) electrons. The molecule has 0 aliphatic carbocycles. The van der Waals surface area contributed by atoms with E-state index in [9.17, 15) is 0 Å². The summed E-state index contributed by atoms with van der Waals surface area (Å²) in [4.78, 5) is 2.34. The molecule has 0 saturated carbocycles. The second-order valence-electron chi connectivity index (χ2n) is 4.91. The maximum atomic E-state index is 6.39. The van der Waals surface area contributed by atoms with Crippen LogP contribution in [0.1, 0.15) is 11.1 Å². The van der Waals surface area contributed by atoms with E-state index in [2.05, 4.69) is 30.1 Å². The number of aryl methyl sites for hydroxylation is 2. The number of rotatable bonds is 3. The average Bonchev–Trinajstić information content (AvgIpc) is 2.28. The molecule has 18 heavy (non-hydrogen) atoms. The lowest BCUT2D eigenvalue weighted by atomic mass is 10.1. The zero-order chi connectivity index (χ0) is 13.1. The van der Waals surface area contributed by atoms with E-state index in [1.54, 1.807) is 0 Å². The molecule has 1 atom stereocenters. The van der Waals surface area contributed by atoms with Gasteiger partial charge in [0.2, 0.25) is 0 Å². The molecule has 0 bridgehead atoms. The summed E-state index contributed by atoms with van der Waals surface area (Å²) in [6.45, 7) is 7.63. The van der Waals surface area contributed by atoms with E-state index >= 15 is 0 Å². The molecule has 1 aliphatic heterocycles.